The first kappa shape index (κ1) is 24.0. The quantitative estimate of drug-likeness (QED) is 0.335. The van der Waals surface area contributed by atoms with Crippen LogP contribution in [0.2, 0.25) is 0 Å². The molecule has 4 heteroatoms. The van der Waals surface area contributed by atoms with E-state index in [1.807, 2.05) is 23.5 Å². The van der Waals surface area contributed by atoms with Crippen molar-refractivity contribution >= 4 is 50.7 Å². The van der Waals surface area contributed by atoms with E-state index in [0.717, 1.165) is 18.3 Å². The Morgan fingerprint density at radius 2 is 1.59 bits per heavy atom. The lowest BCUT2D eigenvalue weighted by molar-refractivity contribution is 0.423. The third-order valence-corrected chi connectivity index (χ3v) is 9.46. The van der Waals surface area contributed by atoms with E-state index in [-0.39, 0.29) is 0 Å². The fourth-order valence-electron chi connectivity index (χ4n) is 5.12. The molecule has 2 aromatic carbocycles. The van der Waals surface area contributed by atoms with Gasteiger partial charge in [-0.1, -0.05) is 90.8 Å². The average molecular weight is 469 g/mol. The second kappa shape index (κ2) is 11.3. The van der Waals surface area contributed by atoms with Crippen LogP contribution in [-0.4, -0.2) is 10.4 Å². The normalized spacial score (nSPS) is 18.9. The van der Waals surface area contributed by atoms with Crippen molar-refractivity contribution in [1.82, 2.24) is 0 Å². The molecule has 0 amide bonds. The van der Waals surface area contributed by atoms with Crippen LogP contribution in [0, 0.1) is 11.8 Å². The molecule has 0 fully saturated rings. The van der Waals surface area contributed by atoms with Crippen molar-refractivity contribution in [2.45, 2.75) is 107 Å². The zero-order valence-corrected chi connectivity index (χ0v) is 22.0. The minimum absolute atomic E-state index is 0.475. The highest BCUT2D eigenvalue weighted by molar-refractivity contribution is 8.14. The largest absolute Gasteiger partial charge is 0.372 e. The topological polar surface area (TPSA) is 24.4 Å². The molecule has 2 nitrogen and oxygen atoms in total. The highest BCUT2D eigenvalue weighted by Gasteiger charge is 2.27. The van der Waals surface area contributed by atoms with Gasteiger partial charge in [-0.3, -0.25) is 0 Å². The van der Waals surface area contributed by atoms with Crippen molar-refractivity contribution in [2.24, 2.45) is 16.8 Å². The maximum atomic E-state index is 5.16. The van der Waals surface area contributed by atoms with Gasteiger partial charge in [-0.05, 0) is 48.9 Å². The summed E-state index contributed by atoms with van der Waals surface area (Å²) in [6.45, 7) is 9.28. The smallest absolute Gasteiger partial charge is 0.0789 e. The van der Waals surface area contributed by atoms with Crippen LogP contribution in [0.4, 0.5) is 11.4 Å². The molecular weight excluding hydrogens is 428 g/mol. The van der Waals surface area contributed by atoms with Crippen LogP contribution in [0.3, 0.4) is 0 Å². The van der Waals surface area contributed by atoms with Crippen molar-refractivity contribution in [3.8, 4) is 0 Å². The number of aliphatic imine (C=N–C) groups is 1. The van der Waals surface area contributed by atoms with Crippen LogP contribution in [-0.2, 0) is 0 Å². The number of rotatable bonds is 12. The molecule has 2 aliphatic heterocycles. The average Bonchev–Trinajstić information content (AvgIpc) is 2.82. The van der Waals surface area contributed by atoms with Gasteiger partial charge in [0.1, 0.15) is 0 Å². The first-order chi connectivity index (χ1) is 15.7. The lowest BCUT2D eigenvalue weighted by Gasteiger charge is -2.31. The van der Waals surface area contributed by atoms with E-state index in [1.54, 1.807) is 0 Å². The molecule has 0 aliphatic carbocycles. The van der Waals surface area contributed by atoms with Gasteiger partial charge in [0.15, 0.2) is 0 Å². The van der Waals surface area contributed by atoms with Crippen LogP contribution in [0.5, 0.6) is 0 Å². The molecule has 174 valence electrons. The fourth-order valence-corrected chi connectivity index (χ4v) is 7.62. The molecule has 0 saturated carbocycles. The Hall–Kier alpha value is -1.13. The Morgan fingerprint density at radius 3 is 2.31 bits per heavy atom. The summed E-state index contributed by atoms with van der Waals surface area (Å²) in [7, 11) is 0. The van der Waals surface area contributed by atoms with Gasteiger partial charge in [0.25, 0.3) is 0 Å². The number of hydrogen-bond acceptors (Lipinski definition) is 4. The van der Waals surface area contributed by atoms with Gasteiger partial charge in [-0.15, -0.1) is 11.8 Å². The van der Waals surface area contributed by atoms with E-state index in [2.05, 4.69) is 57.3 Å². The summed E-state index contributed by atoms with van der Waals surface area (Å²) in [5, 5.41) is 8.43. The van der Waals surface area contributed by atoms with Crippen molar-refractivity contribution in [3.63, 3.8) is 0 Å². The maximum Gasteiger partial charge on any atom is 0.0789 e. The summed E-state index contributed by atoms with van der Waals surface area (Å²) in [4.78, 5) is 7.99. The summed E-state index contributed by atoms with van der Waals surface area (Å²) < 4.78 is 0. The van der Waals surface area contributed by atoms with Gasteiger partial charge < -0.3 is 5.32 Å². The van der Waals surface area contributed by atoms with Crippen LogP contribution in [0.25, 0.3) is 10.8 Å². The van der Waals surface area contributed by atoms with Crippen molar-refractivity contribution in [3.05, 3.63) is 24.3 Å². The molecule has 3 atom stereocenters. The van der Waals surface area contributed by atoms with E-state index < -0.39 is 0 Å². The van der Waals surface area contributed by atoms with Crippen LogP contribution < -0.4 is 5.32 Å². The number of nitrogens with zero attached hydrogens (tertiary/aromatic N) is 1. The third-order valence-electron chi connectivity index (χ3n) is 7.22. The summed E-state index contributed by atoms with van der Waals surface area (Å²) in [6.07, 6.45) is 12.8. The number of thioether (sulfide) groups is 2. The summed E-state index contributed by atoms with van der Waals surface area (Å²) in [6, 6.07) is 9.28. The molecule has 0 bridgehead atoms. The second-order valence-electron chi connectivity index (χ2n) is 9.58. The number of benzene rings is 2. The van der Waals surface area contributed by atoms with Crippen LogP contribution in [0.1, 0.15) is 91.9 Å². The molecule has 2 heterocycles. The van der Waals surface area contributed by atoms with Gasteiger partial charge in [0.2, 0.25) is 0 Å². The Morgan fingerprint density at radius 1 is 0.875 bits per heavy atom. The lowest BCUT2D eigenvalue weighted by Crippen LogP contribution is -2.22. The van der Waals surface area contributed by atoms with Gasteiger partial charge in [-0.25, -0.2) is 4.99 Å². The molecule has 0 aromatic heterocycles. The lowest BCUT2D eigenvalue weighted by atomic mass is 9.95. The number of nitrogens with one attached hydrogen (secondary N) is 1. The summed E-state index contributed by atoms with van der Waals surface area (Å²) in [5.41, 5.74) is 2.48. The first-order valence-corrected chi connectivity index (χ1v) is 14.6. The highest BCUT2D eigenvalue weighted by Crippen LogP contribution is 2.50. The number of hydrogen-bond donors (Lipinski definition) is 1. The third kappa shape index (κ3) is 5.33. The van der Waals surface area contributed by atoms with E-state index in [9.17, 15) is 0 Å². The Kier molecular flexibility index (Phi) is 8.50. The summed E-state index contributed by atoms with van der Waals surface area (Å²) >= 11 is 3.95. The van der Waals surface area contributed by atoms with Crippen molar-refractivity contribution < 1.29 is 0 Å². The van der Waals surface area contributed by atoms with Gasteiger partial charge >= 0.3 is 0 Å². The number of anilines is 1. The molecule has 1 N–H and O–H groups in total. The van der Waals surface area contributed by atoms with Gasteiger partial charge in [0.05, 0.1) is 16.1 Å². The molecule has 3 unspecified atom stereocenters. The fraction of sp³-hybridized carbons (Fsp3) is 0.607. The zero-order valence-electron chi connectivity index (χ0n) is 20.4. The molecule has 0 saturated heterocycles. The van der Waals surface area contributed by atoms with Crippen molar-refractivity contribution in [2.75, 3.05) is 5.32 Å². The van der Waals surface area contributed by atoms with E-state index >= 15 is 0 Å². The minimum atomic E-state index is 0.475. The molecule has 0 spiro atoms. The monoisotopic (exact) mass is 468 g/mol. The Labute approximate surface area is 203 Å². The predicted molar refractivity (Wildman–Crippen MR) is 146 cm³/mol. The Bertz CT molecular complexity index is 940. The van der Waals surface area contributed by atoms with E-state index in [1.165, 1.54) is 94.8 Å². The molecule has 32 heavy (non-hydrogen) atoms. The van der Waals surface area contributed by atoms with Gasteiger partial charge in [-0.2, -0.15) is 0 Å². The van der Waals surface area contributed by atoms with Crippen LogP contribution >= 0.6 is 23.5 Å². The SMILES string of the molecule is CCCCC(CC)CC1=Nc2ccc3c4c(ccc(c24)S1)NC(CC(CC)CCCC)S3. The first-order valence-electron chi connectivity index (χ1n) is 12.9. The maximum absolute atomic E-state index is 5.16. The zero-order chi connectivity index (χ0) is 22.5. The molecule has 2 aliphatic rings. The van der Waals surface area contributed by atoms with E-state index in [4.69, 9.17) is 4.99 Å². The minimum Gasteiger partial charge on any atom is -0.372 e. The second-order valence-corrected chi connectivity index (χ2v) is 11.9. The molecule has 2 aromatic rings. The molecule has 0 radical (unpaired) electrons. The molecule has 4 rings (SSSR count). The van der Waals surface area contributed by atoms with Gasteiger partial charge in [0, 0.05) is 26.3 Å². The number of unbranched alkanes of at least 4 members (excludes halogenated alkanes) is 2. The summed E-state index contributed by atoms with van der Waals surface area (Å²) in [5.74, 6) is 1.57. The molecular formula is C28H40N2S2. The van der Waals surface area contributed by atoms with Crippen LogP contribution in [0.15, 0.2) is 39.0 Å². The van der Waals surface area contributed by atoms with E-state index in [0.29, 0.717) is 5.37 Å². The Balaban J connectivity index is 1.55. The van der Waals surface area contributed by atoms with Crippen molar-refractivity contribution in [1.29, 1.82) is 0 Å². The standard InChI is InChI=1S/C28H40N2S2/c1-5-9-11-19(7-3)17-25-29-21-13-16-24-28-22(14-15-23(31-25)27(21)28)30-26(32-24)18-20(8-4)12-10-6-2/h13-16,19-20,25,29H,5-12,17-18H2,1-4H3. The highest BCUT2D eigenvalue weighted by atomic mass is 32.2. The predicted octanol–water partition coefficient (Wildman–Crippen LogP) is 10.0.